The van der Waals surface area contributed by atoms with Crippen molar-refractivity contribution in [3.63, 3.8) is 0 Å². The summed E-state index contributed by atoms with van der Waals surface area (Å²) in [6.07, 6.45) is -4.32. The van der Waals surface area contributed by atoms with Gasteiger partial charge in [-0.2, -0.15) is 8.42 Å². The Morgan fingerprint density at radius 2 is 1.90 bits per heavy atom. The van der Waals surface area contributed by atoms with Crippen LogP contribution in [0.4, 0.5) is 5.82 Å². The number of nitrogens with zero attached hydrogens (tertiary/aromatic N) is 4. The second-order valence-corrected chi connectivity index (χ2v) is 11.3. The molecular formula is C11H17N5O12P2S. The summed E-state index contributed by atoms with van der Waals surface area (Å²) in [4.78, 5) is 39.5. The van der Waals surface area contributed by atoms with Crippen molar-refractivity contribution < 1.29 is 55.7 Å². The van der Waals surface area contributed by atoms with Gasteiger partial charge < -0.3 is 34.8 Å². The number of hydrogen-bond donors (Lipinski definition) is 6. The summed E-state index contributed by atoms with van der Waals surface area (Å²) in [5.74, 6) is -0.0129. The first-order chi connectivity index (χ1) is 14.2. The lowest BCUT2D eigenvalue weighted by molar-refractivity contribution is -0.0477. The first-order valence-electron chi connectivity index (χ1n) is 8.09. The van der Waals surface area contributed by atoms with Crippen LogP contribution in [0, 0.1) is 0 Å². The lowest BCUT2D eigenvalue weighted by atomic mass is 10.1. The lowest BCUT2D eigenvalue weighted by Crippen LogP contribution is -2.35. The summed E-state index contributed by atoms with van der Waals surface area (Å²) in [7, 11) is -14.9. The van der Waals surface area contributed by atoms with Crippen LogP contribution in [-0.2, 0) is 33.0 Å². The maximum atomic E-state index is 11.8. The van der Waals surface area contributed by atoms with E-state index in [4.69, 9.17) is 15.0 Å². The minimum absolute atomic E-state index is 0.0129. The van der Waals surface area contributed by atoms with E-state index in [0.717, 1.165) is 17.2 Å². The van der Waals surface area contributed by atoms with E-state index in [1.807, 2.05) is 0 Å². The van der Waals surface area contributed by atoms with E-state index in [0.29, 0.717) is 0 Å². The Balaban J connectivity index is 1.88. The van der Waals surface area contributed by atoms with E-state index < -0.39 is 62.2 Å². The largest absolute Gasteiger partial charge is 0.470 e. The van der Waals surface area contributed by atoms with Gasteiger partial charge in [0, 0.05) is 0 Å². The maximum absolute atomic E-state index is 11.8. The van der Waals surface area contributed by atoms with Crippen LogP contribution in [0.3, 0.4) is 0 Å². The number of anilines is 1. The van der Waals surface area contributed by atoms with Crippen molar-refractivity contribution in [3.05, 3.63) is 12.7 Å². The molecule has 2 aromatic heterocycles. The highest BCUT2D eigenvalue weighted by Crippen LogP contribution is 2.47. The van der Waals surface area contributed by atoms with E-state index in [2.05, 4.69) is 24.0 Å². The van der Waals surface area contributed by atoms with Gasteiger partial charge >= 0.3 is 15.4 Å². The molecule has 0 aliphatic carbocycles. The summed E-state index contributed by atoms with van der Waals surface area (Å²) >= 11 is 0. The Morgan fingerprint density at radius 3 is 2.52 bits per heavy atom. The molecule has 1 aliphatic rings. The number of nitrogens with two attached hydrogens (primary N) is 1. The van der Waals surface area contributed by atoms with Gasteiger partial charge in [-0.1, -0.05) is 0 Å². The Kier molecular flexibility index (Phi) is 6.54. The van der Waals surface area contributed by atoms with E-state index in [1.165, 1.54) is 0 Å². The fraction of sp³-hybridized carbons (Fsp3) is 0.545. The molecule has 0 amide bonds. The third-order valence-electron chi connectivity index (χ3n) is 4.00. The van der Waals surface area contributed by atoms with Crippen LogP contribution < -0.4 is 5.73 Å². The number of aliphatic hydroxyl groups excluding tert-OH is 1. The van der Waals surface area contributed by atoms with Gasteiger partial charge in [-0.05, 0) is 0 Å². The first-order valence-corrected chi connectivity index (χ1v) is 13.0. The number of aromatic nitrogens is 4. The predicted molar refractivity (Wildman–Crippen MR) is 98.8 cm³/mol. The van der Waals surface area contributed by atoms with Gasteiger partial charge in [-0.15, -0.1) is 0 Å². The highest BCUT2D eigenvalue weighted by molar-refractivity contribution is 7.92. The van der Waals surface area contributed by atoms with Gasteiger partial charge in [0.15, 0.2) is 23.2 Å². The molecule has 1 saturated heterocycles. The molecule has 31 heavy (non-hydrogen) atoms. The van der Waals surface area contributed by atoms with Crippen molar-refractivity contribution in [1.82, 2.24) is 19.5 Å². The first kappa shape index (κ1) is 24.1. The van der Waals surface area contributed by atoms with Crippen LogP contribution in [0.5, 0.6) is 0 Å². The molecule has 2 aromatic rings. The molecule has 3 heterocycles. The fourth-order valence-electron chi connectivity index (χ4n) is 2.84. The molecule has 1 aliphatic heterocycles. The van der Waals surface area contributed by atoms with Crippen LogP contribution in [0.15, 0.2) is 12.7 Å². The SMILES string of the molecule is Nc1ncnc2c1ncn2[C@@H]1O[C@H](COP(=O)(O)CS(=O)(=O)O)[C@@H](O)[C@H]1OP(=O)(O)O. The van der Waals surface area contributed by atoms with Crippen LogP contribution in [0.1, 0.15) is 6.23 Å². The molecule has 1 unspecified atom stereocenters. The Labute approximate surface area is 173 Å². The number of imidazole rings is 1. The van der Waals surface area contributed by atoms with E-state index >= 15 is 0 Å². The van der Waals surface area contributed by atoms with E-state index in [-0.39, 0.29) is 17.0 Å². The van der Waals surface area contributed by atoms with Gasteiger partial charge in [0.05, 0.1) is 12.9 Å². The molecular weight excluding hydrogens is 488 g/mol. The van der Waals surface area contributed by atoms with Crippen LogP contribution in [0.25, 0.3) is 11.2 Å². The quantitative estimate of drug-likeness (QED) is 0.170. The number of hydrogen-bond acceptors (Lipinski definition) is 12. The molecule has 1 fully saturated rings. The minimum Gasteiger partial charge on any atom is -0.387 e. The fourth-order valence-corrected chi connectivity index (χ4v) is 5.71. The van der Waals surface area contributed by atoms with Crippen molar-refractivity contribution in [3.8, 4) is 0 Å². The number of phosphoric ester groups is 1. The molecule has 174 valence electrons. The highest BCUT2D eigenvalue weighted by Gasteiger charge is 2.49. The number of ether oxygens (including phenoxy) is 1. The van der Waals surface area contributed by atoms with Crippen molar-refractivity contribution >= 4 is 42.5 Å². The van der Waals surface area contributed by atoms with Crippen LogP contribution in [0.2, 0.25) is 0 Å². The maximum Gasteiger partial charge on any atom is 0.470 e. The van der Waals surface area contributed by atoms with Gasteiger partial charge in [-0.25, -0.2) is 19.5 Å². The average Bonchev–Trinajstić information content (AvgIpc) is 3.13. The standard InChI is InChI=1S/C11H17N5O12P2S/c12-9-6-10(14-2-13-9)16(3-15-6)11-8(28-30(20,21)22)7(17)5(27-11)1-26-29(18,19)4-31(23,24)25/h2-3,5,7-8,11,17H,1,4H2,(H,18,19)(H2,12,13,14)(H2,20,21,22)(H,23,24,25)/t5-,7-,8-,11-/m1/s1. The van der Waals surface area contributed by atoms with Gasteiger partial charge in [0.25, 0.3) is 10.1 Å². The summed E-state index contributed by atoms with van der Waals surface area (Å²) in [6, 6.07) is 0. The number of phosphoric acid groups is 1. The van der Waals surface area contributed by atoms with Crippen molar-refractivity contribution in [2.75, 3.05) is 17.8 Å². The van der Waals surface area contributed by atoms with Gasteiger partial charge in [-0.3, -0.25) is 18.2 Å². The topological polar surface area (TPSA) is 267 Å². The van der Waals surface area contributed by atoms with Crippen molar-refractivity contribution in [1.29, 1.82) is 0 Å². The lowest BCUT2D eigenvalue weighted by Gasteiger charge is -2.22. The molecule has 7 N–H and O–H groups in total. The summed E-state index contributed by atoms with van der Waals surface area (Å²) in [5, 5.41) is 10.4. The monoisotopic (exact) mass is 505 g/mol. The Bertz CT molecular complexity index is 1170. The molecule has 0 radical (unpaired) electrons. The number of nitrogen functional groups attached to an aromatic ring is 1. The summed E-state index contributed by atoms with van der Waals surface area (Å²) in [6.45, 7) is -0.897. The van der Waals surface area contributed by atoms with Crippen LogP contribution in [-0.4, -0.2) is 82.7 Å². The third-order valence-corrected chi connectivity index (χ3v) is 7.68. The summed E-state index contributed by atoms with van der Waals surface area (Å²) < 4.78 is 69.3. The van der Waals surface area contributed by atoms with Crippen molar-refractivity contribution in [2.45, 2.75) is 24.5 Å². The van der Waals surface area contributed by atoms with Gasteiger partial charge in [0.2, 0.25) is 0 Å². The number of fused-ring (bicyclic) bond motifs is 1. The van der Waals surface area contributed by atoms with Crippen LogP contribution >= 0.6 is 15.4 Å². The molecule has 20 heteroatoms. The molecule has 17 nitrogen and oxygen atoms in total. The van der Waals surface area contributed by atoms with Crippen molar-refractivity contribution in [2.24, 2.45) is 0 Å². The van der Waals surface area contributed by atoms with Gasteiger partial charge in [0.1, 0.15) is 30.2 Å². The van der Waals surface area contributed by atoms with E-state index in [1.54, 1.807) is 0 Å². The van der Waals surface area contributed by atoms with E-state index in [9.17, 15) is 37.3 Å². The Hall–Kier alpha value is -1.56. The second-order valence-electron chi connectivity index (χ2n) is 6.34. The molecule has 0 bridgehead atoms. The second kappa shape index (κ2) is 8.42. The molecule has 0 saturated carbocycles. The smallest absolute Gasteiger partial charge is 0.387 e. The minimum atomic E-state index is -5.16. The molecule has 5 atom stereocenters. The zero-order valence-corrected chi connectivity index (χ0v) is 17.7. The highest BCUT2D eigenvalue weighted by atomic mass is 32.2. The molecule has 3 rings (SSSR count). The number of aliphatic hydroxyl groups is 1. The summed E-state index contributed by atoms with van der Waals surface area (Å²) in [5.41, 5.74) is 4.24. The third kappa shape index (κ3) is 5.82. The zero-order chi connectivity index (χ0) is 23.2. The molecule has 0 spiro atoms. The normalized spacial score (nSPS) is 26.9. The number of rotatable bonds is 8. The Morgan fingerprint density at radius 1 is 1.23 bits per heavy atom. The predicted octanol–water partition coefficient (Wildman–Crippen LogP) is -1.81. The molecule has 0 aromatic carbocycles. The average molecular weight is 505 g/mol. The zero-order valence-electron chi connectivity index (χ0n) is 15.1.